The van der Waals surface area contributed by atoms with Gasteiger partial charge in [0, 0.05) is 5.41 Å². The molecule has 4 aliphatic carbocycles. The van der Waals surface area contributed by atoms with Crippen molar-refractivity contribution in [2.75, 3.05) is 0 Å². The first-order chi connectivity index (χ1) is 8.41. The third-order valence-electron chi connectivity index (χ3n) is 5.52. The molecule has 1 heterocycles. The lowest BCUT2D eigenvalue weighted by Crippen LogP contribution is -2.57. The van der Waals surface area contributed by atoms with Crippen LogP contribution in [0, 0.1) is 21.6 Å². The van der Waals surface area contributed by atoms with Gasteiger partial charge in [-0.1, -0.05) is 13.8 Å². The molecule has 4 saturated carbocycles. The van der Waals surface area contributed by atoms with Gasteiger partial charge in [0.15, 0.2) is 0 Å². The van der Waals surface area contributed by atoms with Gasteiger partial charge in [0.1, 0.15) is 0 Å². The molecule has 0 radical (unpaired) electrons. The second-order valence-corrected chi connectivity index (χ2v) is 8.20. The normalized spacial score (nSPS) is 49.8. The molecule has 1 aromatic rings. The van der Waals surface area contributed by atoms with Crippen molar-refractivity contribution in [3.8, 4) is 0 Å². The molecule has 18 heavy (non-hydrogen) atoms. The minimum atomic E-state index is 0.163. The van der Waals surface area contributed by atoms with Crippen LogP contribution in [0.25, 0.3) is 0 Å². The Morgan fingerprint density at radius 1 is 1.17 bits per heavy atom. The highest BCUT2D eigenvalue weighted by Crippen LogP contribution is 2.69. The van der Waals surface area contributed by atoms with Gasteiger partial charge in [0.05, 0.1) is 0 Å². The molecule has 2 atom stereocenters. The van der Waals surface area contributed by atoms with Crippen LogP contribution in [0.4, 0.5) is 0 Å². The van der Waals surface area contributed by atoms with Gasteiger partial charge in [-0.05, 0) is 67.5 Å². The second-order valence-electron chi connectivity index (χ2n) is 7.83. The molecule has 0 amide bonds. The minimum Gasteiger partial charge on any atom is -0.414 e. The standard InChI is InChI=1S/C14H20N2OS/c1-12-3-9-4-13(2,6-12)8-14(5-9,7-12)10-15-16-11(18)17-10/h9H,3-8H2,1-2H3,(H,16,18). The van der Waals surface area contributed by atoms with Crippen LogP contribution in [0.15, 0.2) is 4.42 Å². The predicted molar refractivity (Wildman–Crippen MR) is 70.8 cm³/mol. The summed E-state index contributed by atoms with van der Waals surface area (Å²) in [5.41, 5.74) is 1.14. The van der Waals surface area contributed by atoms with Crippen LogP contribution in [0.2, 0.25) is 0 Å². The third kappa shape index (κ3) is 1.41. The number of rotatable bonds is 1. The summed E-state index contributed by atoms with van der Waals surface area (Å²) in [4.78, 5) is 0.427. The van der Waals surface area contributed by atoms with Crippen LogP contribution in [0.1, 0.15) is 58.3 Å². The fourth-order valence-electron chi connectivity index (χ4n) is 6.14. The highest BCUT2D eigenvalue weighted by molar-refractivity contribution is 7.71. The first-order valence-corrected chi connectivity index (χ1v) is 7.37. The molecule has 0 saturated heterocycles. The summed E-state index contributed by atoms with van der Waals surface area (Å²) in [7, 11) is 0. The molecule has 5 rings (SSSR count). The summed E-state index contributed by atoms with van der Waals surface area (Å²) >= 11 is 5.06. The molecule has 1 N–H and O–H groups in total. The van der Waals surface area contributed by atoms with Crippen molar-refractivity contribution in [1.29, 1.82) is 0 Å². The number of hydrogen-bond donors (Lipinski definition) is 1. The van der Waals surface area contributed by atoms with Crippen LogP contribution in [0.5, 0.6) is 0 Å². The van der Waals surface area contributed by atoms with E-state index in [1.165, 1.54) is 38.5 Å². The van der Waals surface area contributed by atoms with Gasteiger partial charge < -0.3 is 4.42 Å². The van der Waals surface area contributed by atoms with Crippen molar-refractivity contribution in [3.05, 3.63) is 10.7 Å². The Bertz CT molecular complexity index is 542. The number of H-pyrrole nitrogens is 1. The highest BCUT2D eigenvalue weighted by atomic mass is 32.1. The molecule has 1 aromatic heterocycles. The van der Waals surface area contributed by atoms with E-state index >= 15 is 0 Å². The molecule has 0 spiro atoms. The predicted octanol–water partition coefficient (Wildman–Crippen LogP) is 3.98. The van der Waals surface area contributed by atoms with Gasteiger partial charge in [-0.2, -0.15) is 0 Å². The number of nitrogens with one attached hydrogen (secondary N) is 1. The third-order valence-corrected chi connectivity index (χ3v) is 5.69. The smallest absolute Gasteiger partial charge is 0.284 e. The number of nitrogens with zero attached hydrogens (tertiary/aromatic N) is 1. The van der Waals surface area contributed by atoms with Crippen molar-refractivity contribution in [2.24, 2.45) is 16.7 Å². The van der Waals surface area contributed by atoms with E-state index in [-0.39, 0.29) is 5.41 Å². The Labute approximate surface area is 112 Å². The fraction of sp³-hybridized carbons (Fsp3) is 0.857. The molecule has 4 bridgehead atoms. The van der Waals surface area contributed by atoms with Crippen molar-refractivity contribution in [1.82, 2.24) is 10.2 Å². The quantitative estimate of drug-likeness (QED) is 0.780. The average molecular weight is 264 g/mol. The van der Waals surface area contributed by atoms with Gasteiger partial charge in [0.2, 0.25) is 5.89 Å². The van der Waals surface area contributed by atoms with Crippen LogP contribution in [-0.2, 0) is 5.41 Å². The van der Waals surface area contributed by atoms with Gasteiger partial charge in [-0.25, -0.2) is 5.10 Å². The van der Waals surface area contributed by atoms with E-state index in [0.29, 0.717) is 15.7 Å². The van der Waals surface area contributed by atoms with Crippen LogP contribution < -0.4 is 0 Å². The second kappa shape index (κ2) is 3.09. The van der Waals surface area contributed by atoms with E-state index in [4.69, 9.17) is 16.6 Å². The maximum Gasteiger partial charge on any atom is 0.284 e. The van der Waals surface area contributed by atoms with E-state index in [9.17, 15) is 0 Å². The number of aromatic nitrogens is 2. The molecule has 4 aliphatic rings. The topological polar surface area (TPSA) is 41.8 Å². The summed E-state index contributed by atoms with van der Waals surface area (Å²) in [5.74, 6) is 1.74. The lowest BCUT2D eigenvalue weighted by atomic mass is 9.40. The lowest BCUT2D eigenvalue weighted by molar-refractivity contribution is -0.117. The van der Waals surface area contributed by atoms with Crippen molar-refractivity contribution >= 4 is 12.2 Å². The first-order valence-electron chi connectivity index (χ1n) is 6.97. The van der Waals surface area contributed by atoms with Gasteiger partial charge >= 0.3 is 0 Å². The molecule has 98 valence electrons. The van der Waals surface area contributed by atoms with Crippen molar-refractivity contribution < 1.29 is 4.42 Å². The zero-order valence-corrected chi connectivity index (χ0v) is 11.9. The van der Waals surface area contributed by atoms with E-state index in [1.807, 2.05) is 0 Å². The maximum absolute atomic E-state index is 5.71. The maximum atomic E-state index is 5.71. The summed E-state index contributed by atoms with van der Waals surface area (Å²) in [5, 5.41) is 7.19. The summed E-state index contributed by atoms with van der Waals surface area (Å²) in [6, 6.07) is 0. The van der Waals surface area contributed by atoms with Gasteiger partial charge in [0.25, 0.3) is 4.84 Å². The van der Waals surface area contributed by atoms with Crippen molar-refractivity contribution in [2.45, 2.75) is 57.8 Å². The number of aromatic amines is 1. The molecule has 3 nitrogen and oxygen atoms in total. The SMILES string of the molecule is CC12CC3CC(C)(C1)CC(c1n[nH]c(=S)o1)(C3)C2. The van der Waals surface area contributed by atoms with E-state index in [2.05, 4.69) is 24.0 Å². The Balaban J connectivity index is 1.84. The summed E-state index contributed by atoms with van der Waals surface area (Å²) in [6.45, 7) is 4.93. The first kappa shape index (κ1) is 11.2. The van der Waals surface area contributed by atoms with Crippen LogP contribution in [0.3, 0.4) is 0 Å². The molecule has 4 heteroatoms. The van der Waals surface area contributed by atoms with Crippen LogP contribution >= 0.6 is 12.2 Å². The molecular weight excluding hydrogens is 244 g/mol. The largest absolute Gasteiger partial charge is 0.414 e. The molecule has 0 aromatic carbocycles. The Morgan fingerprint density at radius 3 is 2.33 bits per heavy atom. The lowest BCUT2D eigenvalue weighted by Gasteiger charge is -2.64. The zero-order chi connectivity index (χ0) is 12.6. The average Bonchev–Trinajstić information content (AvgIpc) is 2.59. The Kier molecular flexibility index (Phi) is 1.92. The van der Waals surface area contributed by atoms with E-state index < -0.39 is 0 Å². The molecule has 2 unspecified atom stereocenters. The minimum absolute atomic E-state index is 0.163. The molecular formula is C14H20N2OS. The Hall–Kier alpha value is -0.640. The van der Waals surface area contributed by atoms with Gasteiger partial charge in [-0.15, -0.1) is 5.10 Å². The van der Waals surface area contributed by atoms with E-state index in [1.54, 1.807) is 0 Å². The fourth-order valence-corrected chi connectivity index (χ4v) is 6.27. The van der Waals surface area contributed by atoms with E-state index in [0.717, 1.165) is 11.8 Å². The Morgan fingerprint density at radius 2 is 1.83 bits per heavy atom. The molecule has 4 fully saturated rings. The zero-order valence-electron chi connectivity index (χ0n) is 11.1. The highest BCUT2D eigenvalue weighted by Gasteiger charge is 2.62. The summed E-state index contributed by atoms with van der Waals surface area (Å²) in [6.07, 6.45) is 7.89. The number of hydrogen-bond acceptors (Lipinski definition) is 3. The van der Waals surface area contributed by atoms with Crippen molar-refractivity contribution in [3.63, 3.8) is 0 Å². The monoisotopic (exact) mass is 264 g/mol. The van der Waals surface area contributed by atoms with Crippen LogP contribution in [-0.4, -0.2) is 10.2 Å². The summed E-state index contributed by atoms with van der Waals surface area (Å²) < 4.78 is 5.71. The van der Waals surface area contributed by atoms with Gasteiger partial charge in [-0.3, -0.25) is 0 Å². The molecule has 0 aliphatic heterocycles.